The third kappa shape index (κ3) is 3.04. The van der Waals surface area contributed by atoms with E-state index in [1.807, 2.05) is 6.07 Å². The average molecular weight is 299 g/mol. The molecule has 0 aromatic heterocycles. The summed E-state index contributed by atoms with van der Waals surface area (Å²) in [6, 6.07) is 5.23. The molecule has 0 atom stereocenters. The van der Waals surface area contributed by atoms with Crippen LogP contribution in [0.3, 0.4) is 0 Å². The number of rotatable bonds is 3. The van der Waals surface area contributed by atoms with Gasteiger partial charge in [0.25, 0.3) is 5.69 Å². The maximum absolute atomic E-state index is 10.8. The first-order chi connectivity index (χ1) is 8.18. The van der Waals surface area contributed by atoms with Gasteiger partial charge in [-0.1, -0.05) is 18.6 Å². The second-order valence-electron chi connectivity index (χ2n) is 4.34. The number of piperidine rings is 1. The van der Waals surface area contributed by atoms with Crippen molar-refractivity contribution in [2.45, 2.75) is 25.8 Å². The van der Waals surface area contributed by atoms with Crippen molar-refractivity contribution in [3.8, 4) is 0 Å². The Hall–Kier alpha value is -0.940. The minimum Gasteiger partial charge on any atom is -0.299 e. The van der Waals surface area contributed by atoms with Crippen LogP contribution in [0, 0.1) is 10.1 Å². The Balaban J connectivity index is 2.15. The number of nitro groups is 1. The zero-order valence-electron chi connectivity index (χ0n) is 9.56. The molecule has 1 aliphatic rings. The fourth-order valence-electron chi connectivity index (χ4n) is 2.19. The van der Waals surface area contributed by atoms with E-state index >= 15 is 0 Å². The molecule has 1 aromatic carbocycles. The third-order valence-corrected chi connectivity index (χ3v) is 4.01. The fourth-order valence-corrected chi connectivity index (χ4v) is 2.72. The number of hydrogen-bond donors (Lipinski definition) is 0. The Kier molecular flexibility index (Phi) is 4.12. The summed E-state index contributed by atoms with van der Waals surface area (Å²) in [6.07, 6.45) is 3.76. The highest BCUT2D eigenvalue weighted by molar-refractivity contribution is 9.10. The Morgan fingerprint density at radius 2 is 2.00 bits per heavy atom. The number of hydrogen-bond acceptors (Lipinski definition) is 3. The molecule has 92 valence electrons. The summed E-state index contributed by atoms with van der Waals surface area (Å²) in [4.78, 5) is 12.8. The van der Waals surface area contributed by atoms with E-state index in [0.717, 1.165) is 25.2 Å². The van der Waals surface area contributed by atoms with Crippen LogP contribution in [0.4, 0.5) is 5.69 Å². The molecule has 0 unspecified atom stereocenters. The number of likely N-dealkylation sites (tertiary alicyclic amines) is 1. The standard InChI is InChI=1S/C12H15BrN2O2/c13-12-10(5-4-6-11(12)15(16)17)9-14-7-2-1-3-8-14/h4-6H,1-3,7-9H2. The smallest absolute Gasteiger partial charge is 0.283 e. The predicted molar refractivity (Wildman–Crippen MR) is 69.9 cm³/mol. The number of halogens is 1. The predicted octanol–water partition coefficient (Wildman–Crippen LogP) is 3.34. The zero-order chi connectivity index (χ0) is 12.3. The van der Waals surface area contributed by atoms with E-state index in [1.54, 1.807) is 6.07 Å². The summed E-state index contributed by atoms with van der Waals surface area (Å²) >= 11 is 3.34. The lowest BCUT2D eigenvalue weighted by Gasteiger charge is -2.26. The van der Waals surface area contributed by atoms with Crippen molar-refractivity contribution in [1.29, 1.82) is 0 Å². The molecule has 0 amide bonds. The van der Waals surface area contributed by atoms with E-state index in [2.05, 4.69) is 20.8 Å². The molecule has 17 heavy (non-hydrogen) atoms. The molecule has 1 aliphatic heterocycles. The molecule has 0 bridgehead atoms. The van der Waals surface area contributed by atoms with Gasteiger partial charge in [-0.15, -0.1) is 0 Å². The van der Waals surface area contributed by atoms with Gasteiger partial charge in [-0.25, -0.2) is 0 Å². The molecule has 1 fully saturated rings. The van der Waals surface area contributed by atoms with Crippen LogP contribution in [-0.4, -0.2) is 22.9 Å². The molecule has 0 aliphatic carbocycles. The maximum Gasteiger partial charge on any atom is 0.283 e. The van der Waals surface area contributed by atoms with Crippen LogP contribution in [0.25, 0.3) is 0 Å². The van der Waals surface area contributed by atoms with Crippen LogP contribution >= 0.6 is 15.9 Å². The fraction of sp³-hybridized carbons (Fsp3) is 0.500. The van der Waals surface area contributed by atoms with Gasteiger partial charge in [0.05, 0.1) is 9.40 Å². The molecule has 0 saturated carbocycles. The summed E-state index contributed by atoms with van der Waals surface area (Å²) in [5.41, 5.74) is 1.15. The molecule has 2 rings (SSSR count). The Morgan fingerprint density at radius 3 is 2.65 bits per heavy atom. The van der Waals surface area contributed by atoms with Crippen molar-refractivity contribution in [3.63, 3.8) is 0 Å². The van der Waals surface area contributed by atoms with Gasteiger partial charge < -0.3 is 0 Å². The van der Waals surface area contributed by atoms with Gasteiger partial charge in [0.2, 0.25) is 0 Å². The Morgan fingerprint density at radius 1 is 1.29 bits per heavy atom. The van der Waals surface area contributed by atoms with Crippen molar-refractivity contribution in [2.75, 3.05) is 13.1 Å². The highest BCUT2D eigenvalue weighted by atomic mass is 79.9. The highest BCUT2D eigenvalue weighted by Gasteiger charge is 2.17. The Bertz CT molecular complexity index is 417. The second-order valence-corrected chi connectivity index (χ2v) is 5.14. The molecule has 0 radical (unpaired) electrons. The summed E-state index contributed by atoms with van der Waals surface area (Å²) in [6.45, 7) is 2.98. The highest BCUT2D eigenvalue weighted by Crippen LogP contribution is 2.29. The lowest BCUT2D eigenvalue weighted by molar-refractivity contribution is -0.385. The third-order valence-electron chi connectivity index (χ3n) is 3.10. The van der Waals surface area contributed by atoms with Crippen LogP contribution < -0.4 is 0 Å². The Labute approximate surface area is 109 Å². The minimum absolute atomic E-state index is 0.152. The van der Waals surface area contributed by atoms with Crippen LogP contribution in [-0.2, 0) is 6.54 Å². The van der Waals surface area contributed by atoms with E-state index in [0.29, 0.717) is 4.47 Å². The van der Waals surface area contributed by atoms with Gasteiger partial charge in [-0.3, -0.25) is 15.0 Å². The van der Waals surface area contributed by atoms with E-state index in [9.17, 15) is 10.1 Å². The van der Waals surface area contributed by atoms with Crippen molar-refractivity contribution in [3.05, 3.63) is 38.3 Å². The normalized spacial score (nSPS) is 17.0. The molecule has 1 heterocycles. The minimum atomic E-state index is -0.343. The van der Waals surface area contributed by atoms with Crippen LogP contribution in [0.1, 0.15) is 24.8 Å². The second kappa shape index (κ2) is 5.60. The van der Waals surface area contributed by atoms with Gasteiger partial charge in [0.15, 0.2) is 0 Å². The van der Waals surface area contributed by atoms with Gasteiger partial charge in [-0.05, 0) is 47.4 Å². The van der Waals surface area contributed by atoms with Crippen molar-refractivity contribution >= 4 is 21.6 Å². The van der Waals surface area contributed by atoms with Crippen LogP contribution in [0.15, 0.2) is 22.7 Å². The first-order valence-corrected chi connectivity index (χ1v) is 6.62. The van der Waals surface area contributed by atoms with Crippen LogP contribution in [0.2, 0.25) is 0 Å². The van der Waals surface area contributed by atoms with Crippen molar-refractivity contribution in [1.82, 2.24) is 4.90 Å². The molecule has 1 saturated heterocycles. The number of nitro benzene ring substituents is 1. The van der Waals surface area contributed by atoms with E-state index in [-0.39, 0.29) is 10.6 Å². The molecule has 0 N–H and O–H groups in total. The first-order valence-electron chi connectivity index (χ1n) is 5.82. The molecular formula is C12H15BrN2O2. The lowest BCUT2D eigenvalue weighted by atomic mass is 10.1. The monoisotopic (exact) mass is 298 g/mol. The van der Waals surface area contributed by atoms with E-state index < -0.39 is 0 Å². The average Bonchev–Trinajstić information content (AvgIpc) is 2.33. The largest absolute Gasteiger partial charge is 0.299 e. The van der Waals surface area contributed by atoms with Gasteiger partial charge in [0.1, 0.15) is 0 Å². The lowest BCUT2D eigenvalue weighted by Crippen LogP contribution is -2.29. The number of nitrogens with zero attached hydrogens (tertiary/aromatic N) is 2. The maximum atomic E-state index is 10.8. The van der Waals surface area contributed by atoms with E-state index in [1.165, 1.54) is 25.3 Å². The van der Waals surface area contributed by atoms with Crippen molar-refractivity contribution < 1.29 is 4.92 Å². The SMILES string of the molecule is O=[N+]([O-])c1cccc(CN2CCCCC2)c1Br. The molecular weight excluding hydrogens is 284 g/mol. The summed E-state index contributed by atoms with van der Waals surface area (Å²) in [7, 11) is 0. The molecule has 5 heteroatoms. The topological polar surface area (TPSA) is 46.4 Å². The van der Waals surface area contributed by atoms with Gasteiger partial charge in [0, 0.05) is 12.6 Å². The summed E-state index contributed by atoms with van der Waals surface area (Å²) in [5.74, 6) is 0. The number of benzene rings is 1. The van der Waals surface area contributed by atoms with Crippen LogP contribution in [0.5, 0.6) is 0 Å². The van der Waals surface area contributed by atoms with Gasteiger partial charge >= 0.3 is 0 Å². The molecule has 1 aromatic rings. The summed E-state index contributed by atoms with van der Waals surface area (Å²) < 4.78 is 0.621. The quantitative estimate of drug-likeness (QED) is 0.635. The molecule has 4 nitrogen and oxygen atoms in total. The van der Waals surface area contributed by atoms with Crippen molar-refractivity contribution in [2.24, 2.45) is 0 Å². The zero-order valence-corrected chi connectivity index (χ0v) is 11.1. The summed E-state index contributed by atoms with van der Waals surface area (Å²) in [5, 5.41) is 10.8. The molecule has 0 spiro atoms. The van der Waals surface area contributed by atoms with Gasteiger partial charge in [-0.2, -0.15) is 0 Å². The van der Waals surface area contributed by atoms with E-state index in [4.69, 9.17) is 0 Å². The first kappa shape index (κ1) is 12.5.